The van der Waals surface area contributed by atoms with Gasteiger partial charge in [0.15, 0.2) is 0 Å². The molecule has 1 aromatic carbocycles. The first-order valence-electron chi connectivity index (χ1n) is 5.59. The lowest BCUT2D eigenvalue weighted by atomic mass is 10.1. The van der Waals surface area contributed by atoms with Gasteiger partial charge in [0.2, 0.25) is 0 Å². The fourth-order valence-corrected chi connectivity index (χ4v) is 1.79. The van der Waals surface area contributed by atoms with E-state index in [2.05, 4.69) is 5.32 Å². The molecule has 0 aromatic heterocycles. The van der Waals surface area contributed by atoms with E-state index >= 15 is 0 Å². The lowest BCUT2D eigenvalue weighted by Gasteiger charge is -2.21. The molecule has 0 atom stereocenters. The van der Waals surface area contributed by atoms with Crippen LogP contribution in [0.1, 0.15) is 28.8 Å². The minimum absolute atomic E-state index is 0.0449. The Kier molecular flexibility index (Phi) is 3.25. The van der Waals surface area contributed by atoms with E-state index in [1.54, 1.807) is 0 Å². The number of carbonyl (C=O) groups is 1. The van der Waals surface area contributed by atoms with Crippen LogP contribution in [0.2, 0.25) is 0 Å². The Balaban J connectivity index is 2.12. The van der Waals surface area contributed by atoms with E-state index in [1.165, 1.54) is 0 Å². The van der Waals surface area contributed by atoms with Crippen LogP contribution < -0.4 is 5.32 Å². The number of alkyl halides is 3. The van der Waals surface area contributed by atoms with Crippen LogP contribution in [0.25, 0.3) is 0 Å². The molecule has 1 aromatic rings. The van der Waals surface area contributed by atoms with Gasteiger partial charge in [0, 0.05) is 12.1 Å². The molecule has 1 fully saturated rings. The summed E-state index contributed by atoms with van der Waals surface area (Å²) in [6.07, 6.45) is -4.47. The number of hydrogen-bond donors (Lipinski definition) is 2. The van der Waals surface area contributed by atoms with E-state index < -0.39 is 23.5 Å². The van der Waals surface area contributed by atoms with Gasteiger partial charge in [-0.05, 0) is 31.0 Å². The molecule has 1 aliphatic rings. The topological polar surface area (TPSA) is 49.3 Å². The Morgan fingerprint density at radius 3 is 2.47 bits per heavy atom. The van der Waals surface area contributed by atoms with Crippen molar-refractivity contribution in [3.05, 3.63) is 35.1 Å². The summed E-state index contributed by atoms with van der Waals surface area (Å²) in [5.41, 5.74) is -2.19. The third-order valence-corrected chi connectivity index (χ3v) is 3.20. The lowest BCUT2D eigenvalue weighted by molar-refractivity contribution is -0.166. The molecular formula is C12H11F4NO2. The van der Waals surface area contributed by atoms with Crippen molar-refractivity contribution in [2.24, 2.45) is 0 Å². The van der Waals surface area contributed by atoms with Crippen LogP contribution in [0.15, 0.2) is 18.2 Å². The van der Waals surface area contributed by atoms with Crippen molar-refractivity contribution in [1.82, 2.24) is 5.32 Å². The molecule has 0 aliphatic heterocycles. The van der Waals surface area contributed by atoms with Crippen LogP contribution in [-0.4, -0.2) is 22.8 Å². The van der Waals surface area contributed by atoms with Crippen molar-refractivity contribution in [3.63, 3.8) is 0 Å². The predicted octanol–water partition coefficient (Wildman–Crippen LogP) is 2.71. The van der Waals surface area contributed by atoms with Crippen LogP contribution in [0.3, 0.4) is 0 Å². The van der Waals surface area contributed by atoms with Crippen molar-refractivity contribution in [2.45, 2.75) is 31.1 Å². The van der Waals surface area contributed by atoms with E-state index in [0.29, 0.717) is 0 Å². The summed E-state index contributed by atoms with van der Waals surface area (Å²) in [5, 5.41) is 11.0. The molecule has 19 heavy (non-hydrogen) atoms. The summed E-state index contributed by atoms with van der Waals surface area (Å²) < 4.78 is 51.4. The van der Waals surface area contributed by atoms with Crippen LogP contribution in [0.5, 0.6) is 0 Å². The van der Waals surface area contributed by atoms with Gasteiger partial charge in [-0.3, -0.25) is 5.32 Å². The molecule has 0 spiro atoms. The summed E-state index contributed by atoms with van der Waals surface area (Å²) >= 11 is 0. The Labute approximate surface area is 106 Å². The average Bonchev–Trinajstić information content (AvgIpc) is 3.08. The highest BCUT2D eigenvalue weighted by Gasteiger charge is 2.62. The zero-order chi connectivity index (χ0) is 14.3. The molecule has 0 saturated heterocycles. The number of halogens is 4. The van der Waals surface area contributed by atoms with Crippen molar-refractivity contribution < 1.29 is 27.5 Å². The predicted molar refractivity (Wildman–Crippen MR) is 58.2 cm³/mol. The summed E-state index contributed by atoms with van der Waals surface area (Å²) in [5.74, 6) is -1.98. The summed E-state index contributed by atoms with van der Waals surface area (Å²) in [6, 6.07) is 3.04. The van der Waals surface area contributed by atoms with E-state index in [-0.39, 0.29) is 30.5 Å². The third kappa shape index (κ3) is 2.70. The summed E-state index contributed by atoms with van der Waals surface area (Å²) in [4.78, 5) is 10.7. The third-order valence-electron chi connectivity index (χ3n) is 3.20. The Morgan fingerprint density at radius 2 is 2.00 bits per heavy atom. The summed E-state index contributed by atoms with van der Waals surface area (Å²) in [6.45, 7) is -0.355. The quantitative estimate of drug-likeness (QED) is 0.832. The smallest absolute Gasteiger partial charge is 0.406 e. The van der Waals surface area contributed by atoms with Gasteiger partial charge in [-0.2, -0.15) is 13.2 Å². The molecule has 0 unspecified atom stereocenters. The van der Waals surface area contributed by atoms with Gasteiger partial charge >= 0.3 is 12.1 Å². The van der Waals surface area contributed by atoms with Crippen LogP contribution >= 0.6 is 0 Å². The van der Waals surface area contributed by atoms with Gasteiger partial charge in [0.25, 0.3) is 0 Å². The first kappa shape index (κ1) is 13.8. The maximum absolute atomic E-state index is 13.4. The van der Waals surface area contributed by atoms with Crippen LogP contribution in [0.4, 0.5) is 17.6 Å². The molecule has 0 bridgehead atoms. The molecular weight excluding hydrogens is 266 g/mol. The number of nitrogens with one attached hydrogen (secondary N) is 1. The van der Waals surface area contributed by atoms with E-state index in [4.69, 9.17) is 5.11 Å². The van der Waals surface area contributed by atoms with Crippen LogP contribution in [-0.2, 0) is 6.54 Å². The monoisotopic (exact) mass is 277 g/mol. The van der Waals surface area contributed by atoms with Gasteiger partial charge in [-0.15, -0.1) is 0 Å². The molecule has 2 N–H and O–H groups in total. The second-order valence-corrected chi connectivity index (χ2v) is 4.54. The van der Waals surface area contributed by atoms with Crippen molar-refractivity contribution in [3.8, 4) is 0 Å². The fourth-order valence-electron chi connectivity index (χ4n) is 1.79. The van der Waals surface area contributed by atoms with Gasteiger partial charge in [-0.25, -0.2) is 9.18 Å². The normalized spacial score (nSPS) is 17.3. The first-order chi connectivity index (χ1) is 8.75. The van der Waals surface area contributed by atoms with Crippen molar-refractivity contribution in [2.75, 3.05) is 0 Å². The number of carboxylic acids is 1. The maximum Gasteiger partial charge on any atom is 0.406 e. The SMILES string of the molecule is O=C(O)c1ccc(F)c(CNC2(C(F)(F)F)CC2)c1. The van der Waals surface area contributed by atoms with Crippen LogP contribution in [0, 0.1) is 5.82 Å². The average molecular weight is 277 g/mol. The number of aromatic carboxylic acids is 1. The molecule has 3 nitrogen and oxygen atoms in total. The Bertz CT molecular complexity index is 509. The number of hydrogen-bond acceptors (Lipinski definition) is 2. The second-order valence-electron chi connectivity index (χ2n) is 4.54. The van der Waals surface area contributed by atoms with E-state index in [9.17, 15) is 22.4 Å². The highest BCUT2D eigenvalue weighted by atomic mass is 19.4. The van der Waals surface area contributed by atoms with Gasteiger partial charge in [-0.1, -0.05) is 0 Å². The molecule has 0 amide bonds. The fraction of sp³-hybridized carbons (Fsp3) is 0.417. The maximum atomic E-state index is 13.4. The zero-order valence-electron chi connectivity index (χ0n) is 9.72. The van der Waals surface area contributed by atoms with Gasteiger partial charge in [0.05, 0.1) is 5.56 Å². The van der Waals surface area contributed by atoms with Gasteiger partial charge < -0.3 is 5.11 Å². The van der Waals surface area contributed by atoms with Crippen molar-refractivity contribution >= 4 is 5.97 Å². The molecule has 0 radical (unpaired) electrons. The van der Waals surface area contributed by atoms with Crippen molar-refractivity contribution in [1.29, 1.82) is 0 Å². The molecule has 7 heteroatoms. The standard InChI is InChI=1S/C12H11F4NO2/c13-9-2-1-7(10(18)19)5-8(9)6-17-11(3-4-11)12(14,15)16/h1-2,5,17H,3-4,6H2,(H,18,19). The number of carboxylic acid groups (broad SMARTS) is 1. The summed E-state index contributed by atoms with van der Waals surface area (Å²) in [7, 11) is 0. The minimum atomic E-state index is -4.38. The molecule has 2 rings (SSSR count). The highest BCUT2D eigenvalue weighted by molar-refractivity contribution is 5.87. The van der Waals surface area contributed by atoms with E-state index in [1.807, 2.05) is 0 Å². The number of benzene rings is 1. The molecule has 1 aliphatic carbocycles. The zero-order valence-corrected chi connectivity index (χ0v) is 9.72. The molecule has 0 heterocycles. The number of rotatable bonds is 4. The Hall–Kier alpha value is -1.63. The lowest BCUT2D eigenvalue weighted by Crippen LogP contribution is -2.44. The van der Waals surface area contributed by atoms with Gasteiger partial charge in [0.1, 0.15) is 11.4 Å². The molecule has 104 valence electrons. The largest absolute Gasteiger partial charge is 0.478 e. The highest BCUT2D eigenvalue weighted by Crippen LogP contribution is 2.49. The second kappa shape index (κ2) is 4.48. The molecule has 1 saturated carbocycles. The Morgan fingerprint density at radius 1 is 1.37 bits per heavy atom. The first-order valence-corrected chi connectivity index (χ1v) is 5.59. The van der Waals surface area contributed by atoms with E-state index in [0.717, 1.165) is 18.2 Å². The minimum Gasteiger partial charge on any atom is -0.478 e.